The quantitative estimate of drug-likeness (QED) is 0.569. The fraction of sp³-hybridized carbons (Fsp3) is 0.714. The number of hydrogen-bond acceptors (Lipinski definition) is 7. The van der Waals surface area contributed by atoms with E-state index in [-0.39, 0.29) is 5.60 Å². The molecule has 0 aromatic carbocycles. The molecule has 1 aromatic rings. The van der Waals surface area contributed by atoms with Crippen LogP contribution in [0.5, 0.6) is 0 Å². The molecule has 9 nitrogen and oxygen atoms in total. The molecule has 0 bridgehead atoms. The molecule has 0 saturated carbocycles. The van der Waals surface area contributed by atoms with E-state index in [1.807, 2.05) is 18.5 Å². The third kappa shape index (κ3) is 9.41. The Hall–Kier alpha value is -2.68. The second-order valence-electron chi connectivity index (χ2n) is 8.77. The van der Waals surface area contributed by atoms with Crippen LogP contribution in [-0.4, -0.2) is 94.3 Å². The molecule has 1 spiro atoms. The predicted molar refractivity (Wildman–Crippen MR) is 113 cm³/mol. The Kier molecular flexibility index (Phi) is 10.3. The van der Waals surface area contributed by atoms with Gasteiger partial charge in [0.2, 0.25) is 5.95 Å². The summed E-state index contributed by atoms with van der Waals surface area (Å²) >= 11 is 0. The van der Waals surface area contributed by atoms with Crippen LogP contribution in [0.1, 0.15) is 32.1 Å². The standard InChI is InChI=1S/C17H26N4O.2C2HF3O2/c1-2-9-20(10-3-1)11-15-5-6-17(22-12-15)13-21(14-17)16-18-7-4-8-19-16;2*3-2(4,5)1(6)7/h4,7-8,15H,1-3,5-6,9-14H2;2*(H,6,7). The first kappa shape index (κ1) is 29.5. The topological polar surface area (TPSA) is 116 Å². The molecule has 3 saturated heterocycles. The van der Waals surface area contributed by atoms with Crippen molar-refractivity contribution in [1.82, 2.24) is 14.9 Å². The van der Waals surface area contributed by atoms with Crippen LogP contribution in [0.15, 0.2) is 18.5 Å². The highest BCUT2D eigenvalue weighted by molar-refractivity contribution is 5.73. The number of piperidine rings is 1. The first-order chi connectivity index (χ1) is 16.7. The molecule has 0 amide bonds. The first-order valence-corrected chi connectivity index (χ1v) is 11.2. The fourth-order valence-corrected chi connectivity index (χ4v) is 4.06. The first-order valence-electron chi connectivity index (χ1n) is 11.2. The number of carboxylic acid groups (broad SMARTS) is 2. The molecule has 3 fully saturated rings. The van der Waals surface area contributed by atoms with Gasteiger partial charge in [-0.1, -0.05) is 6.42 Å². The Labute approximate surface area is 203 Å². The minimum absolute atomic E-state index is 0.0810. The number of carbonyl (C=O) groups is 2. The second kappa shape index (κ2) is 12.5. The molecule has 0 aliphatic carbocycles. The van der Waals surface area contributed by atoms with Crippen molar-refractivity contribution in [1.29, 1.82) is 0 Å². The maximum atomic E-state index is 10.6. The van der Waals surface area contributed by atoms with Gasteiger partial charge in [0, 0.05) is 18.9 Å². The number of aliphatic carboxylic acids is 2. The number of hydrogen-bond donors (Lipinski definition) is 2. The van der Waals surface area contributed by atoms with Crippen LogP contribution in [0.25, 0.3) is 0 Å². The molecule has 4 rings (SSSR count). The zero-order chi connectivity index (χ0) is 27.0. The number of carboxylic acids is 2. The largest absolute Gasteiger partial charge is 0.490 e. The highest BCUT2D eigenvalue weighted by atomic mass is 19.4. The lowest BCUT2D eigenvalue weighted by Gasteiger charge is -2.53. The van der Waals surface area contributed by atoms with E-state index in [4.69, 9.17) is 24.5 Å². The monoisotopic (exact) mass is 530 g/mol. The molecule has 1 atom stereocenters. The van der Waals surface area contributed by atoms with E-state index in [2.05, 4.69) is 19.8 Å². The van der Waals surface area contributed by atoms with Crippen LogP contribution < -0.4 is 4.90 Å². The van der Waals surface area contributed by atoms with Crippen LogP contribution in [0.2, 0.25) is 0 Å². The minimum Gasteiger partial charge on any atom is -0.475 e. The number of likely N-dealkylation sites (tertiary alicyclic amines) is 1. The predicted octanol–water partition coefficient (Wildman–Crippen LogP) is 3.21. The van der Waals surface area contributed by atoms with Crippen molar-refractivity contribution in [3.63, 3.8) is 0 Å². The molecular weight excluding hydrogens is 502 g/mol. The van der Waals surface area contributed by atoms with Gasteiger partial charge in [0.25, 0.3) is 0 Å². The lowest BCUT2D eigenvalue weighted by molar-refractivity contribution is -0.193. The number of anilines is 1. The zero-order valence-electron chi connectivity index (χ0n) is 19.3. The third-order valence-corrected chi connectivity index (χ3v) is 5.88. The minimum atomic E-state index is -5.08. The lowest BCUT2D eigenvalue weighted by Crippen LogP contribution is -2.65. The number of nitrogens with zero attached hydrogens (tertiary/aromatic N) is 4. The molecule has 1 unspecified atom stereocenters. The van der Waals surface area contributed by atoms with Crippen molar-refractivity contribution in [2.75, 3.05) is 44.2 Å². The van der Waals surface area contributed by atoms with Crippen molar-refractivity contribution >= 4 is 17.9 Å². The number of halogens is 6. The van der Waals surface area contributed by atoms with Crippen molar-refractivity contribution < 1.29 is 50.9 Å². The SMILES string of the molecule is O=C(O)C(F)(F)F.O=C(O)C(F)(F)F.c1cnc(N2CC3(CCC(CN4CCCCC4)CO3)C2)nc1. The number of rotatable bonds is 3. The summed E-state index contributed by atoms with van der Waals surface area (Å²) in [5.41, 5.74) is 0.0810. The van der Waals surface area contributed by atoms with Gasteiger partial charge in [-0.2, -0.15) is 26.3 Å². The summed E-state index contributed by atoms with van der Waals surface area (Å²) in [5.74, 6) is -3.95. The highest BCUT2D eigenvalue weighted by Crippen LogP contribution is 2.37. The molecule has 4 heterocycles. The van der Waals surface area contributed by atoms with E-state index in [9.17, 15) is 26.3 Å². The Morgan fingerprint density at radius 3 is 1.89 bits per heavy atom. The van der Waals surface area contributed by atoms with Gasteiger partial charge in [0.15, 0.2) is 0 Å². The van der Waals surface area contributed by atoms with Gasteiger partial charge in [-0.05, 0) is 50.8 Å². The van der Waals surface area contributed by atoms with Gasteiger partial charge in [0.05, 0.1) is 19.7 Å². The van der Waals surface area contributed by atoms with Gasteiger partial charge in [-0.25, -0.2) is 19.6 Å². The molecule has 15 heteroatoms. The molecular formula is C21H28F6N4O5. The van der Waals surface area contributed by atoms with E-state index in [1.54, 1.807) is 0 Å². The van der Waals surface area contributed by atoms with Gasteiger partial charge < -0.3 is 24.7 Å². The molecule has 2 N–H and O–H groups in total. The molecule has 3 aliphatic rings. The molecule has 204 valence electrons. The van der Waals surface area contributed by atoms with Crippen LogP contribution in [0.4, 0.5) is 32.3 Å². The van der Waals surface area contributed by atoms with E-state index >= 15 is 0 Å². The van der Waals surface area contributed by atoms with Gasteiger partial charge in [-0.3, -0.25) is 0 Å². The Balaban J connectivity index is 0.000000271. The van der Waals surface area contributed by atoms with E-state index in [0.717, 1.165) is 31.6 Å². The summed E-state index contributed by atoms with van der Waals surface area (Å²) in [7, 11) is 0. The second-order valence-corrected chi connectivity index (χ2v) is 8.77. The smallest absolute Gasteiger partial charge is 0.475 e. The number of alkyl halides is 6. The van der Waals surface area contributed by atoms with Crippen molar-refractivity contribution in [2.24, 2.45) is 5.92 Å². The molecule has 1 aromatic heterocycles. The van der Waals surface area contributed by atoms with Gasteiger partial charge in [-0.15, -0.1) is 0 Å². The average Bonchev–Trinajstić information content (AvgIpc) is 2.79. The highest BCUT2D eigenvalue weighted by Gasteiger charge is 2.47. The maximum Gasteiger partial charge on any atom is 0.490 e. The summed E-state index contributed by atoms with van der Waals surface area (Å²) in [6, 6.07) is 1.86. The fourth-order valence-electron chi connectivity index (χ4n) is 4.06. The molecule has 0 radical (unpaired) electrons. The van der Waals surface area contributed by atoms with Crippen LogP contribution in [0, 0.1) is 5.92 Å². The van der Waals surface area contributed by atoms with E-state index in [0.29, 0.717) is 0 Å². The van der Waals surface area contributed by atoms with Crippen LogP contribution in [-0.2, 0) is 14.3 Å². The molecule has 3 aliphatic heterocycles. The van der Waals surface area contributed by atoms with E-state index in [1.165, 1.54) is 51.7 Å². The van der Waals surface area contributed by atoms with Crippen LogP contribution >= 0.6 is 0 Å². The normalized spacial score (nSPS) is 21.8. The van der Waals surface area contributed by atoms with Gasteiger partial charge >= 0.3 is 24.3 Å². The summed E-state index contributed by atoms with van der Waals surface area (Å²) in [5, 5.41) is 14.2. The number of aromatic nitrogens is 2. The molecule has 36 heavy (non-hydrogen) atoms. The van der Waals surface area contributed by atoms with Crippen molar-refractivity contribution in [3.05, 3.63) is 18.5 Å². The average molecular weight is 530 g/mol. The summed E-state index contributed by atoms with van der Waals surface area (Å²) in [6.45, 7) is 6.66. The van der Waals surface area contributed by atoms with Crippen LogP contribution in [0.3, 0.4) is 0 Å². The Morgan fingerprint density at radius 2 is 1.47 bits per heavy atom. The summed E-state index contributed by atoms with van der Waals surface area (Å²) < 4.78 is 69.8. The zero-order valence-corrected chi connectivity index (χ0v) is 19.3. The van der Waals surface area contributed by atoms with E-state index < -0.39 is 24.3 Å². The van der Waals surface area contributed by atoms with Gasteiger partial charge in [0.1, 0.15) is 5.60 Å². The summed E-state index contributed by atoms with van der Waals surface area (Å²) in [4.78, 5) is 31.3. The Morgan fingerprint density at radius 1 is 0.972 bits per heavy atom. The van der Waals surface area contributed by atoms with Crippen molar-refractivity contribution in [2.45, 2.75) is 50.1 Å². The Bertz CT molecular complexity index is 809. The lowest BCUT2D eigenvalue weighted by atomic mass is 9.83. The summed E-state index contributed by atoms with van der Waals surface area (Å²) in [6.07, 6.45) is 0.119. The maximum absolute atomic E-state index is 10.6. The third-order valence-electron chi connectivity index (χ3n) is 5.88. The number of ether oxygens (including phenoxy) is 1. The van der Waals surface area contributed by atoms with Crippen molar-refractivity contribution in [3.8, 4) is 0 Å².